The first-order chi connectivity index (χ1) is 11.8. The molecule has 1 heterocycles. The van der Waals surface area contributed by atoms with Gasteiger partial charge >= 0.3 is 0 Å². The average Bonchev–Trinajstić information content (AvgIpc) is 2.68. The molecule has 0 aromatic heterocycles. The van der Waals surface area contributed by atoms with Gasteiger partial charge in [-0.2, -0.15) is 0 Å². The molecule has 1 aliphatic carbocycles. The van der Waals surface area contributed by atoms with Crippen molar-refractivity contribution in [3.8, 4) is 5.75 Å². The van der Waals surface area contributed by atoms with Crippen molar-refractivity contribution in [1.29, 1.82) is 0 Å². The van der Waals surface area contributed by atoms with Gasteiger partial charge in [-0.05, 0) is 47.6 Å². The molecule has 24 heavy (non-hydrogen) atoms. The minimum absolute atomic E-state index is 0.475. The summed E-state index contributed by atoms with van der Waals surface area (Å²) in [4.78, 5) is 0. The Bertz CT molecular complexity index is 705. The highest BCUT2D eigenvalue weighted by molar-refractivity contribution is 8.00. The van der Waals surface area contributed by atoms with Crippen LogP contribution in [0.3, 0.4) is 0 Å². The van der Waals surface area contributed by atoms with Crippen LogP contribution >= 0.6 is 11.8 Å². The third kappa shape index (κ3) is 3.12. The molecule has 1 aliphatic heterocycles. The van der Waals surface area contributed by atoms with Crippen LogP contribution in [0.15, 0.2) is 60.7 Å². The molecule has 1 fully saturated rings. The highest BCUT2D eigenvalue weighted by atomic mass is 32.2. The van der Waals surface area contributed by atoms with Crippen LogP contribution in [-0.2, 0) is 0 Å². The summed E-state index contributed by atoms with van der Waals surface area (Å²) < 4.78 is 5.33. The number of fused-ring (bicyclic) bond motifs is 1. The Kier molecular flexibility index (Phi) is 4.66. The Balaban J connectivity index is 1.72. The zero-order chi connectivity index (χ0) is 16.4. The van der Waals surface area contributed by atoms with E-state index >= 15 is 0 Å². The molecule has 0 spiro atoms. The van der Waals surface area contributed by atoms with Gasteiger partial charge in [0.2, 0.25) is 0 Å². The zero-order valence-electron chi connectivity index (χ0n) is 14.2. The molecule has 0 amide bonds. The van der Waals surface area contributed by atoms with Gasteiger partial charge in [0.15, 0.2) is 0 Å². The largest absolute Gasteiger partial charge is 0.497 e. The number of thioether (sulfide) groups is 1. The molecule has 3 atom stereocenters. The lowest BCUT2D eigenvalue weighted by atomic mass is 9.79. The molecule has 2 heteroatoms. The lowest BCUT2D eigenvalue weighted by molar-refractivity contribution is 0.414. The van der Waals surface area contributed by atoms with E-state index in [9.17, 15) is 0 Å². The number of ether oxygens (including phenoxy) is 1. The van der Waals surface area contributed by atoms with Crippen LogP contribution in [0.5, 0.6) is 5.75 Å². The smallest absolute Gasteiger partial charge is 0.118 e. The van der Waals surface area contributed by atoms with E-state index in [-0.39, 0.29) is 0 Å². The van der Waals surface area contributed by atoms with Crippen LogP contribution in [0, 0.1) is 5.92 Å². The SMILES string of the molecule is COc1ccc(C2=CC(c3ccccc3)SC3CCCCC23)cc1. The molecule has 1 saturated carbocycles. The quantitative estimate of drug-likeness (QED) is 0.667. The summed E-state index contributed by atoms with van der Waals surface area (Å²) in [6.45, 7) is 0. The van der Waals surface area contributed by atoms with E-state index in [0.29, 0.717) is 11.2 Å². The first-order valence-corrected chi connectivity index (χ1v) is 9.86. The van der Waals surface area contributed by atoms with Crippen molar-refractivity contribution in [3.63, 3.8) is 0 Å². The molecule has 0 N–H and O–H groups in total. The van der Waals surface area contributed by atoms with Crippen molar-refractivity contribution >= 4 is 17.3 Å². The predicted molar refractivity (Wildman–Crippen MR) is 103 cm³/mol. The van der Waals surface area contributed by atoms with Gasteiger partial charge in [-0.1, -0.05) is 61.4 Å². The summed E-state index contributed by atoms with van der Waals surface area (Å²) >= 11 is 2.17. The summed E-state index contributed by atoms with van der Waals surface area (Å²) in [6.07, 6.45) is 7.95. The van der Waals surface area contributed by atoms with Crippen LogP contribution in [0.1, 0.15) is 42.1 Å². The summed E-state index contributed by atoms with van der Waals surface area (Å²) in [5.74, 6) is 1.64. The second kappa shape index (κ2) is 7.06. The number of hydrogen-bond acceptors (Lipinski definition) is 2. The Morgan fingerprint density at radius 2 is 1.67 bits per heavy atom. The highest BCUT2D eigenvalue weighted by Crippen LogP contribution is 2.51. The molecule has 0 bridgehead atoms. The number of benzene rings is 2. The molecule has 4 rings (SSSR count). The van der Waals surface area contributed by atoms with Crippen molar-refractivity contribution in [3.05, 3.63) is 71.8 Å². The molecular weight excluding hydrogens is 312 g/mol. The molecule has 2 aromatic rings. The number of hydrogen-bond donors (Lipinski definition) is 0. The summed E-state index contributed by atoms with van der Waals surface area (Å²) in [7, 11) is 1.73. The summed E-state index contributed by atoms with van der Waals surface area (Å²) in [6, 6.07) is 19.6. The predicted octanol–water partition coefficient (Wildman–Crippen LogP) is 6.13. The minimum atomic E-state index is 0.475. The van der Waals surface area contributed by atoms with Crippen LogP contribution < -0.4 is 4.74 Å². The monoisotopic (exact) mass is 336 g/mol. The van der Waals surface area contributed by atoms with E-state index in [1.165, 1.54) is 36.8 Å². The van der Waals surface area contributed by atoms with Crippen LogP contribution in [0.2, 0.25) is 0 Å². The fourth-order valence-electron chi connectivity index (χ4n) is 4.04. The second-order valence-corrected chi connectivity index (χ2v) is 8.13. The molecule has 2 aliphatic rings. The van der Waals surface area contributed by atoms with Gasteiger partial charge in [0, 0.05) is 10.5 Å². The average molecular weight is 337 g/mol. The van der Waals surface area contributed by atoms with Gasteiger partial charge in [0.05, 0.1) is 7.11 Å². The lowest BCUT2D eigenvalue weighted by Crippen LogP contribution is -2.27. The van der Waals surface area contributed by atoms with Crippen LogP contribution in [0.4, 0.5) is 0 Å². The number of rotatable bonds is 3. The van der Waals surface area contributed by atoms with Crippen LogP contribution in [0.25, 0.3) is 5.57 Å². The van der Waals surface area contributed by atoms with Gasteiger partial charge in [0.25, 0.3) is 0 Å². The van der Waals surface area contributed by atoms with Crippen molar-refractivity contribution in [2.24, 2.45) is 5.92 Å². The molecule has 0 saturated heterocycles. The maximum absolute atomic E-state index is 5.33. The fourth-order valence-corrected chi connectivity index (χ4v) is 5.73. The Hall–Kier alpha value is -1.67. The van der Waals surface area contributed by atoms with E-state index in [0.717, 1.165) is 11.0 Å². The standard InChI is InChI=1S/C22H24OS/c1-23-18-13-11-16(12-14-18)20-15-22(17-7-3-2-4-8-17)24-21-10-6-5-9-19(20)21/h2-4,7-8,11-15,19,21-22H,5-6,9-10H2,1H3. The van der Waals surface area contributed by atoms with E-state index < -0.39 is 0 Å². The van der Waals surface area contributed by atoms with E-state index in [1.54, 1.807) is 12.7 Å². The normalized spacial score (nSPS) is 26.4. The Labute approximate surface area is 149 Å². The van der Waals surface area contributed by atoms with Crippen LogP contribution in [-0.4, -0.2) is 12.4 Å². The summed E-state index contributed by atoms with van der Waals surface area (Å²) in [5, 5.41) is 1.23. The van der Waals surface area contributed by atoms with Gasteiger partial charge in [-0.3, -0.25) is 0 Å². The molecule has 2 aromatic carbocycles. The zero-order valence-corrected chi connectivity index (χ0v) is 15.0. The Morgan fingerprint density at radius 1 is 0.917 bits per heavy atom. The highest BCUT2D eigenvalue weighted by Gasteiger charge is 2.35. The number of allylic oxidation sites excluding steroid dienone is 1. The second-order valence-electron chi connectivity index (χ2n) is 6.75. The fraction of sp³-hybridized carbons (Fsp3) is 0.364. The van der Waals surface area contributed by atoms with Gasteiger partial charge in [-0.25, -0.2) is 0 Å². The van der Waals surface area contributed by atoms with E-state index in [2.05, 4.69) is 72.4 Å². The Morgan fingerprint density at radius 3 is 2.42 bits per heavy atom. The van der Waals surface area contributed by atoms with Crippen molar-refractivity contribution in [2.75, 3.05) is 7.11 Å². The molecule has 124 valence electrons. The first kappa shape index (κ1) is 15.8. The number of methoxy groups -OCH3 is 1. The van der Waals surface area contributed by atoms with Crippen molar-refractivity contribution in [1.82, 2.24) is 0 Å². The lowest BCUT2D eigenvalue weighted by Gasteiger charge is -2.39. The van der Waals surface area contributed by atoms with Crippen molar-refractivity contribution in [2.45, 2.75) is 36.2 Å². The minimum Gasteiger partial charge on any atom is -0.497 e. The van der Waals surface area contributed by atoms with Gasteiger partial charge in [0.1, 0.15) is 5.75 Å². The maximum atomic E-state index is 5.33. The first-order valence-electron chi connectivity index (χ1n) is 8.92. The third-order valence-electron chi connectivity index (χ3n) is 5.31. The molecular formula is C22H24OS. The molecule has 0 radical (unpaired) electrons. The van der Waals surface area contributed by atoms with E-state index in [4.69, 9.17) is 4.74 Å². The van der Waals surface area contributed by atoms with Gasteiger partial charge in [-0.15, -0.1) is 11.8 Å². The molecule has 1 nitrogen and oxygen atoms in total. The summed E-state index contributed by atoms with van der Waals surface area (Å²) in [5.41, 5.74) is 4.35. The van der Waals surface area contributed by atoms with E-state index in [1.807, 2.05) is 0 Å². The van der Waals surface area contributed by atoms with Crippen molar-refractivity contribution < 1.29 is 4.74 Å². The molecule has 3 unspecified atom stereocenters. The van der Waals surface area contributed by atoms with Gasteiger partial charge < -0.3 is 4.74 Å². The third-order valence-corrected chi connectivity index (χ3v) is 6.92. The topological polar surface area (TPSA) is 9.23 Å². The maximum Gasteiger partial charge on any atom is 0.118 e.